The van der Waals surface area contributed by atoms with Gasteiger partial charge in [0.05, 0.1) is 6.10 Å². The van der Waals surface area contributed by atoms with Crippen LogP contribution in [0.25, 0.3) is 0 Å². The van der Waals surface area contributed by atoms with Gasteiger partial charge in [-0.25, -0.2) is 4.79 Å². The predicted octanol–water partition coefficient (Wildman–Crippen LogP) is 1.75. The van der Waals surface area contributed by atoms with Crippen molar-refractivity contribution in [1.82, 2.24) is 10.2 Å². The van der Waals surface area contributed by atoms with Gasteiger partial charge in [0, 0.05) is 25.7 Å². The number of aliphatic hydroxyl groups is 1. The molecule has 0 aromatic rings. The van der Waals surface area contributed by atoms with Crippen LogP contribution < -0.4 is 5.32 Å². The van der Waals surface area contributed by atoms with Gasteiger partial charge in [0.15, 0.2) is 0 Å². The Balaban J connectivity index is 2.27. The van der Waals surface area contributed by atoms with E-state index in [-0.39, 0.29) is 18.2 Å². The Morgan fingerprint density at radius 3 is 2.79 bits per heavy atom. The lowest BCUT2D eigenvalue weighted by molar-refractivity contribution is 0.0290. The largest absolute Gasteiger partial charge is 0.444 e. The Kier molecular flexibility index (Phi) is 6.07. The highest BCUT2D eigenvalue weighted by molar-refractivity contribution is 5.68. The maximum Gasteiger partial charge on any atom is 0.410 e. The highest BCUT2D eigenvalue weighted by Crippen LogP contribution is 2.15. The average molecular weight is 272 g/mol. The zero-order chi connectivity index (χ0) is 14.5. The van der Waals surface area contributed by atoms with E-state index in [4.69, 9.17) is 4.74 Å². The summed E-state index contributed by atoms with van der Waals surface area (Å²) in [6.45, 7) is 9.65. The number of carbonyl (C=O) groups is 1. The van der Waals surface area contributed by atoms with E-state index >= 15 is 0 Å². The highest BCUT2D eigenvalue weighted by atomic mass is 16.6. The third-order valence-corrected chi connectivity index (χ3v) is 3.10. The first-order valence-electron chi connectivity index (χ1n) is 7.21. The summed E-state index contributed by atoms with van der Waals surface area (Å²) in [4.78, 5) is 13.6. The van der Waals surface area contributed by atoms with E-state index in [2.05, 4.69) is 12.2 Å². The number of likely N-dealkylation sites (tertiary alicyclic amines) is 1. The van der Waals surface area contributed by atoms with Crippen LogP contribution in [0.4, 0.5) is 4.79 Å². The molecule has 1 heterocycles. The van der Waals surface area contributed by atoms with Crippen molar-refractivity contribution in [3.8, 4) is 0 Å². The third-order valence-electron chi connectivity index (χ3n) is 3.10. The summed E-state index contributed by atoms with van der Waals surface area (Å²) in [5.41, 5.74) is -0.445. The van der Waals surface area contributed by atoms with Crippen molar-refractivity contribution in [3.63, 3.8) is 0 Å². The van der Waals surface area contributed by atoms with Crippen molar-refractivity contribution in [2.24, 2.45) is 0 Å². The molecule has 0 bridgehead atoms. The van der Waals surface area contributed by atoms with E-state index in [1.807, 2.05) is 20.8 Å². The van der Waals surface area contributed by atoms with Gasteiger partial charge in [-0.15, -0.1) is 0 Å². The van der Waals surface area contributed by atoms with Gasteiger partial charge < -0.3 is 20.1 Å². The van der Waals surface area contributed by atoms with Gasteiger partial charge in [-0.3, -0.25) is 0 Å². The number of aliphatic hydroxyl groups excluding tert-OH is 1. The SMILES string of the molecule is CCCC(O)CNC1CCN(C(=O)OC(C)(C)C)C1. The summed E-state index contributed by atoms with van der Waals surface area (Å²) in [7, 11) is 0. The van der Waals surface area contributed by atoms with Gasteiger partial charge in [-0.2, -0.15) is 0 Å². The lowest BCUT2D eigenvalue weighted by Gasteiger charge is -2.24. The number of carbonyl (C=O) groups excluding carboxylic acids is 1. The number of hydrogen-bond donors (Lipinski definition) is 2. The second-order valence-corrected chi connectivity index (χ2v) is 6.26. The number of nitrogens with one attached hydrogen (secondary N) is 1. The molecule has 0 saturated carbocycles. The van der Waals surface area contributed by atoms with Crippen LogP contribution >= 0.6 is 0 Å². The molecule has 0 aromatic heterocycles. The summed E-state index contributed by atoms with van der Waals surface area (Å²) in [5, 5.41) is 13.0. The molecule has 1 rings (SSSR count). The standard InChI is InChI=1S/C14H28N2O3/c1-5-6-12(17)9-15-11-7-8-16(10-11)13(18)19-14(2,3)4/h11-12,15,17H,5-10H2,1-4H3. The maximum absolute atomic E-state index is 11.9. The molecule has 0 spiro atoms. The molecule has 19 heavy (non-hydrogen) atoms. The summed E-state index contributed by atoms with van der Waals surface area (Å²) in [6.07, 6.45) is 2.18. The normalized spacial score (nSPS) is 21.5. The first-order chi connectivity index (χ1) is 8.81. The van der Waals surface area contributed by atoms with Crippen LogP contribution in [0.2, 0.25) is 0 Å². The van der Waals surface area contributed by atoms with Gasteiger partial charge in [-0.05, 0) is 33.6 Å². The fraction of sp³-hybridized carbons (Fsp3) is 0.929. The first-order valence-corrected chi connectivity index (χ1v) is 7.21. The van der Waals surface area contributed by atoms with Crippen LogP contribution in [-0.2, 0) is 4.74 Å². The fourth-order valence-electron chi connectivity index (χ4n) is 2.16. The minimum Gasteiger partial charge on any atom is -0.444 e. The number of ether oxygens (including phenoxy) is 1. The number of nitrogens with zero attached hydrogens (tertiary/aromatic N) is 1. The molecule has 5 heteroatoms. The Bertz CT molecular complexity index is 289. The van der Waals surface area contributed by atoms with Crippen LogP contribution in [0.15, 0.2) is 0 Å². The summed E-state index contributed by atoms with van der Waals surface area (Å²) in [6, 6.07) is 0.263. The smallest absolute Gasteiger partial charge is 0.410 e. The maximum atomic E-state index is 11.9. The predicted molar refractivity (Wildman–Crippen MR) is 75.1 cm³/mol. The molecular weight excluding hydrogens is 244 g/mol. The van der Waals surface area contributed by atoms with E-state index in [1.54, 1.807) is 4.90 Å². The van der Waals surface area contributed by atoms with Crippen LogP contribution in [-0.4, -0.2) is 53.5 Å². The van der Waals surface area contributed by atoms with Gasteiger partial charge in [0.1, 0.15) is 5.60 Å². The number of rotatable bonds is 5. The molecule has 1 saturated heterocycles. The molecule has 1 aliphatic rings. The van der Waals surface area contributed by atoms with Crippen LogP contribution in [0.1, 0.15) is 47.0 Å². The second kappa shape index (κ2) is 7.10. The Labute approximate surface area is 116 Å². The Hall–Kier alpha value is -0.810. The van der Waals surface area contributed by atoms with Gasteiger partial charge >= 0.3 is 6.09 Å². The fourth-order valence-corrected chi connectivity index (χ4v) is 2.16. The summed E-state index contributed by atoms with van der Waals surface area (Å²) >= 11 is 0. The molecular formula is C14H28N2O3. The van der Waals surface area contributed by atoms with E-state index in [1.165, 1.54) is 0 Å². The van der Waals surface area contributed by atoms with Crippen molar-refractivity contribution < 1.29 is 14.6 Å². The molecule has 1 aliphatic heterocycles. The number of hydrogen-bond acceptors (Lipinski definition) is 4. The molecule has 2 N–H and O–H groups in total. The minimum atomic E-state index is -0.445. The molecule has 2 unspecified atom stereocenters. The molecule has 0 radical (unpaired) electrons. The quantitative estimate of drug-likeness (QED) is 0.800. The van der Waals surface area contributed by atoms with Crippen molar-refractivity contribution >= 4 is 6.09 Å². The van der Waals surface area contributed by atoms with Crippen molar-refractivity contribution in [1.29, 1.82) is 0 Å². The monoisotopic (exact) mass is 272 g/mol. The lowest BCUT2D eigenvalue weighted by atomic mass is 10.2. The molecule has 1 fully saturated rings. The molecule has 5 nitrogen and oxygen atoms in total. The highest BCUT2D eigenvalue weighted by Gasteiger charge is 2.29. The van der Waals surface area contributed by atoms with Gasteiger partial charge in [0.25, 0.3) is 0 Å². The van der Waals surface area contributed by atoms with Gasteiger partial charge in [-0.1, -0.05) is 13.3 Å². The molecule has 112 valence electrons. The van der Waals surface area contributed by atoms with Crippen LogP contribution in [0.3, 0.4) is 0 Å². The minimum absolute atomic E-state index is 0.245. The van der Waals surface area contributed by atoms with Crippen molar-refractivity contribution in [2.45, 2.75) is 64.7 Å². The summed E-state index contributed by atoms with van der Waals surface area (Å²) in [5.74, 6) is 0. The molecule has 0 aromatic carbocycles. The van der Waals surface area contributed by atoms with E-state index in [0.29, 0.717) is 13.1 Å². The molecule has 1 amide bonds. The van der Waals surface area contributed by atoms with Gasteiger partial charge in [0.2, 0.25) is 0 Å². The van der Waals surface area contributed by atoms with Crippen molar-refractivity contribution in [2.75, 3.05) is 19.6 Å². The van der Waals surface area contributed by atoms with Crippen LogP contribution in [0.5, 0.6) is 0 Å². The zero-order valence-corrected chi connectivity index (χ0v) is 12.6. The topological polar surface area (TPSA) is 61.8 Å². The Morgan fingerprint density at radius 1 is 1.53 bits per heavy atom. The second-order valence-electron chi connectivity index (χ2n) is 6.26. The van der Waals surface area contributed by atoms with Crippen LogP contribution in [0, 0.1) is 0 Å². The lowest BCUT2D eigenvalue weighted by Crippen LogP contribution is -2.40. The Morgan fingerprint density at radius 2 is 2.21 bits per heavy atom. The van der Waals surface area contributed by atoms with Crippen molar-refractivity contribution in [3.05, 3.63) is 0 Å². The third kappa shape index (κ3) is 6.25. The summed E-state index contributed by atoms with van der Waals surface area (Å²) < 4.78 is 5.34. The molecule has 2 atom stereocenters. The molecule has 0 aliphatic carbocycles. The van der Waals surface area contributed by atoms with E-state index in [9.17, 15) is 9.90 Å². The zero-order valence-electron chi connectivity index (χ0n) is 12.6. The number of amides is 1. The average Bonchev–Trinajstić information content (AvgIpc) is 2.73. The van der Waals surface area contributed by atoms with E-state index < -0.39 is 5.60 Å². The first kappa shape index (κ1) is 16.2. The van der Waals surface area contributed by atoms with E-state index in [0.717, 1.165) is 25.8 Å².